The summed E-state index contributed by atoms with van der Waals surface area (Å²) in [6, 6.07) is 153. The van der Waals surface area contributed by atoms with Gasteiger partial charge in [0.15, 0.2) is 11.6 Å². The van der Waals surface area contributed by atoms with E-state index in [1.54, 1.807) is 12.4 Å². The van der Waals surface area contributed by atoms with Gasteiger partial charge in [0, 0.05) is 63.6 Å². The van der Waals surface area contributed by atoms with E-state index in [9.17, 15) is 0 Å². The van der Waals surface area contributed by atoms with Gasteiger partial charge in [-0.25, -0.2) is 19.9 Å². The molecule has 0 radical (unpaired) electrons. The van der Waals surface area contributed by atoms with E-state index in [4.69, 9.17) is 19.9 Å². The molecule has 0 atom stereocenters. The van der Waals surface area contributed by atoms with Crippen LogP contribution in [0.3, 0.4) is 0 Å². The zero-order valence-corrected chi connectivity index (χ0v) is 68.4. The number of pyridine rings is 2. The first-order chi connectivity index (χ1) is 61.2. The minimum atomic E-state index is -0.377. The number of fused-ring (bicyclic) bond motifs is 13. The molecule has 6 nitrogen and oxygen atoms in total. The zero-order chi connectivity index (χ0) is 82.7. The molecule has 124 heavy (non-hydrogen) atoms. The van der Waals surface area contributed by atoms with Crippen LogP contribution in [0.4, 0.5) is 0 Å². The minimum absolute atomic E-state index is 0.0366. The molecule has 0 saturated carbocycles. The summed E-state index contributed by atoms with van der Waals surface area (Å²) in [5.41, 5.74) is 43.9. The Labute approximate surface area is 722 Å². The van der Waals surface area contributed by atoms with E-state index in [1.165, 1.54) is 111 Å². The molecule has 20 aromatic rings. The van der Waals surface area contributed by atoms with E-state index in [0.29, 0.717) is 11.6 Å². The summed E-state index contributed by atoms with van der Waals surface area (Å²) in [5, 5.41) is 0. The van der Waals surface area contributed by atoms with Gasteiger partial charge in [-0.3, -0.25) is 9.97 Å². The summed E-state index contributed by atoms with van der Waals surface area (Å²) in [6.45, 7) is 4.68. The van der Waals surface area contributed by atoms with E-state index in [-0.39, 0.29) is 10.8 Å². The molecule has 23 rings (SSSR count). The quantitative estimate of drug-likeness (QED) is 0.108. The molecule has 0 N–H and O–H groups in total. The Bertz CT molecular complexity index is 7440. The fourth-order valence-electron chi connectivity index (χ4n) is 19.2. The largest absolute Gasteiger partial charge is 0.264 e. The van der Waals surface area contributed by atoms with Gasteiger partial charge in [0.2, 0.25) is 0 Å². The molecule has 16 aromatic carbocycles. The maximum Gasteiger partial charge on any atom is 0.160 e. The molecular formula is C118H80N6. The van der Waals surface area contributed by atoms with Crippen LogP contribution in [0.5, 0.6) is 0 Å². The third kappa shape index (κ3) is 13.3. The average Bonchev–Trinajstić information content (AvgIpc) is 1.50. The predicted octanol–water partition coefficient (Wildman–Crippen LogP) is 29.7. The smallest absolute Gasteiger partial charge is 0.160 e. The summed E-state index contributed by atoms with van der Waals surface area (Å²) >= 11 is 0. The molecule has 0 amide bonds. The maximum atomic E-state index is 5.17. The topological polar surface area (TPSA) is 77.3 Å². The highest BCUT2D eigenvalue weighted by Gasteiger charge is 2.52. The van der Waals surface area contributed by atoms with E-state index in [2.05, 4.69) is 400 Å². The molecule has 0 saturated heterocycles. The highest BCUT2D eigenvalue weighted by Crippen LogP contribution is 2.64. The first-order valence-corrected chi connectivity index (χ1v) is 42.4. The second-order valence-corrected chi connectivity index (χ2v) is 32.8. The number of hydrogen-bond acceptors (Lipinski definition) is 6. The zero-order valence-electron chi connectivity index (χ0n) is 68.4. The van der Waals surface area contributed by atoms with Gasteiger partial charge in [-0.2, -0.15) is 0 Å². The summed E-state index contributed by atoms with van der Waals surface area (Å²) in [6.07, 6.45) is 7.38. The number of aromatic nitrogens is 6. The van der Waals surface area contributed by atoms with Crippen LogP contribution >= 0.6 is 0 Å². The van der Waals surface area contributed by atoms with Crippen molar-refractivity contribution in [2.45, 2.75) is 24.7 Å². The number of hydrogen-bond donors (Lipinski definition) is 0. The van der Waals surface area contributed by atoms with Crippen molar-refractivity contribution in [3.05, 3.63) is 483 Å². The summed E-state index contributed by atoms with van der Waals surface area (Å²) in [4.78, 5) is 29.1. The molecule has 0 fully saturated rings. The first kappa shape index (κ1) is 74.3. The predicted molar refractivity (Wildman–Crippen MR) is 510 cm³/mol. The Morgan fingerprint density at radius 1 is 0.169 bits per heavy atom. The van der Waals surface area contributed by atoms with Gasteiger partial charge in [0.05, 0.1) is 28.2 Å². The lowest BCUT2D eigenvalue weighted by Gasteiger charge is -2.30. The first-order valence-electron chi connectivity index (χ1n) is 42.4. The highest BCUT2D eigenvalue weighted by molar-refractivity contribution is 6.01. The van der Waals surface area contributed by atoms with Crippen molar-refractivity contribution in [2.24, 2.45) is 0 Å². The van der Waals surface area contributed by atoms with Gasteiger partial charge in [0.1, 0.15) is 0 Å². The molecule has 4 aromatic heterocycles. The lowest BCUT2D eigenvalue weighted by Crippen LogP contribution is -2.25. The van der Waals surface area contributed by atoms with Gasteiger partial charge in [-0.15, -0.1) is 0 Å². The highest BCUT2D eigenvalue weighted by atomic mass is 14.9. The molecular weight excluding hydrogens is 1500 g/mol. The average molecular weight is 1580 g/mol. The third-order valence-corrected chi connectivity index (χ3v) is 25.2. The van der Waals surface area contributed by atoms with Gasteiger partial charge in [-0.1, -0.05) is 378 Å². The van der Waals surface area contributed by atoms with Crippen LogP contribution in [0.25, 0.3) is 190 Å². The van der Waals surface area contributed by atoms with E-state index < -0.39 is 0 Å². The Morgan fingerprint density at radius 3 is 0.839 bits per heavy atom. The van der Waals surface area contributed by atoms with Crippen molar-refractivity contribution in [2.75, 3.05) is 0 Å². The molecule has 4 heterocycles. The monoisotopic (exact) mass is 1580 g/mol. The second-order valence-electron chi connectivity index (χ2n) is 32.8. The van der Waals surface area contributed by atoms with Gasteiger partial charge >= 0.3 is 0 Å². The summed E-state index contributed by atoms with van der Waals surface area (Å²) in [5.74, 6) is 1.39. The summed E-state index contributed by atoms with van der Waals surface area (Å²) < 4.78 is 0. The Kier molecular flexibility index (Phi) is 18.7. The van der Waals surface area contributed by atoms with Crippen LogP contribution in [0.15, 0.2) is 449 Å². The van der Waals surface area contributed by atoms with Gasteiger partial charge in [0.25, 0.3) is 0 Å². The molecule has 1 spiro atoms. The van der Waals surface area contributed by atoms with Crippen molar-refractivity contribution in [1.29, 1.82) is 0 Å². The fraction of sp³-hybridized carbons (Fsp3) is 0.0339. The maximum absolute atomic E-state index is 5.17. The van der Waals surface area contributed by atoms with Crippen molar-refractivity contribution >= 4 is 0 Å². The van der Waals surface area contributed by atoms with Crippen molar-refractivity contribution in [1.82, 2.24) is 29.9 Å². The summed E-state index contributed by atoms with van der Waals surface area (Å²) in [7, 11) is 0. The van der Waals surface area contributed by atoms with Gasteiger partial charge < -0.3 is 0 Å². The lowest BCUT2D eigenvalue weighted by atomic mass is 9.70. The normalized spacial score (nSPS) is 12.6. The lowest BCUT2D eigenvalue weighted by molar-refractivity contribution is 0.660. The number of rotatable bonds is 14. The van der Waals surface area contributed by atoms with Crippen molar-refractivity contribution in [3.63, 3.8) is 0 Å². The van der Waals surface area contributed by atoms with Gasteiger partial charge in [-0.05, 0) is 216 Å². The Morgan fingerprint density at radius 2 is 0.435 bits per heavy atom. The van der Waals surface area contributed by atoms with E-state index in [0.717, 1.165) is 101 Å². The molecule has 0 bridgehead atoms. The molecule has 582 valence electrons. The molecule has 3 aliphatic carbocycles. The van der Waals surface area contributed by atoms with Crippen LogP contribution in [-0.2, 0) is 10.8 Å². The molecule has 0 unspecified atom stereocenters. The molecule has 0 aliphatic heterocycles. The van der Waals surface area contributed by atoms with Crippen LogP contribution in [-0.4, -0.2) is 29.9 Å². The number of benzene rings is 16. The van der Waals surface area contributed by atoms with E-state index in [1.807, 2.05) is 60.9 Å². The molecule has 3 aliphatic rings. The van der Waals surface area contributed by atoms with Crippen LogP contribution in [0.2, 0.25) is 0 Å². The van der Waals surface area contributed by atoms with Crippen LogP contribution < -0.4 is 0 Å². The van der Waals surface area contributed by atoms with Crippen LogP contribution in [0.1, 0.15) is 47.2 Å². The van der Waals surface area contributed by atoms with Crippen molar-refractivity contribution < 1.29 is 0 Å². The number of nitrogens with zero attached hydrogens (tertiary/aromatic N) is 6. The second kappa shape index (κ2) is 31.3. The standard InChI is InChI=1S/C64H41N3.C54H39N3/c1-2-15-44(16-3-1)63-66-60(43-34-32-42(33-35-43)51-23-14-36-65-41-51)40-61(67-63)50-22-12-20-48(39-50)46-18-10-17-45(37-46)47-19-11-21-49(38-47)52-27-13-31-59-62(52)55-26-6-9-30-58(55)64(59)56-28-7-4-24-53(56)54-25-5-8-29-57(54)64;1-54(2)48-24-7-6-22-47(48)52-46(23-11-25-49(52)54)43-19-9-17-41(32-43)39-15-8-16-40(31-39)42-18-10-20-44(33-42)51-34-50(56-53(57-51)38-13-4-3-5-14-38)37-28-26-36(27-29-37)45-21-12-30-55-35-45/h1-41H;3-35H,1-2H3. The SMILES string of the molecule is CC1(C)c2ccccc2-c2c(-c3cccc(-c4cccc(-c5cccc(-c6cc(-c7ccc(-c8cccnc8)cc7)nc(-c7ccccc7)n6)c5)c4)c3)cccc21.c1ccc(-c2nc(-c3ccc(-c4cccnc4)cc3)cc(-c3cccc(-c4cccc(-c5cccc(-c6cccc7c6-c6ccccc6C76c7ccccc7-c7ccccc76)c5)c4)c3)n2)cc1. The molecule has 6 heteroatoms. The Balaban J connectivity index is 0.000000149. The Hall–Kier alpha value is -16.0. The van der Waals surface area contributed by atoms with Crippen LogP contribution in [0, 0.1) is 0 Å². The van der Waals surface area contributed by atoms with Crippen molar-refractivity contribution in [3.8, 4) is 190 Å². The minimum Gasteiger partial charge on any atom is -0.264 e. The third-order valence-electron chi connectivity index (χ3n) is 25.2. The van der Waals surface area contributed by atoms with E-state index >= 15 is 0 Å². The fourth-order valence-corrected chi connectivity index (χ4v) is 19.2.